The van der Waals surface area contributed by atoms with E-state index in [1.54, 1.807) is 0 Å². The summed E-state index contributed by atoms with van der Waals surface area (Å²) in [7, 11) is 0. The van der Waals surface area contributed by atoms with Gasteiger partial charge < -0.3 is 10.5 Å². The maximum atomic E-state index is 9.34. The third kappa shape index (κ3) is 3.44. The van der Waals surface area contributed by atoms with Crippen LogP contribution in [-0.2, 0) is 0 Å². The normalized spacial score (nSPS) is 11.2. The molecule has 80 valence electrons. The van der Waals surface area contributed by atoms with Crippen LogP contribution in [0.5, 0.6) is 0 Å². The maximum Gasteiger partial charge on any atom is 0.217 e. The number of hydrogen-bond acceptors (Lipinski definition) is 5. The summed E-state index contributed by atoms with van der Waals surface area (Å²) in [6.45, 7) is 4.97. The lowest BCUT2D eigenvalue weighted by molar-refractivity contribution is -0.113. The number of H-pyrrole nitrogens is 2. The smallest absolute Gasteiger partial charge is 0.217 e. The highest BCUT2D eigenvalue weighted by Crippen LogP contribution is 1.95. The molecule has 7 heteroatoms. The van der Waals surface area contributed by atoms with Gasteiger partial charge in [-0.25, -0.2) is 0 Å². The molecule has 14 heavy (non-hydrogen) atoms. The van der Waals surface area contributed by atoms with E-state index in [9.17, 15) is 5.21 Å². The summed E-state index contributed by atoms with van der Waals surface area (Å²) in [5.74, 6) is 0.590. The van der Waals surface area contributed by atoms with Crippen molar-refractivity contribution in [2.75, 3.05) is 18.4 Å². The molecule has 0 atom stereocenters. The summed E-state index contributed by atoms with van der Waals surface area (Å²) >= 11 is 4.78. The van der Waals surface area contributed by atoms with Crippen LogP contribution in [0.15, 0.2) is 0 Å². The molecule has 0 bridgehead atoms. The lowest BCUT2D eigenvalue weighted by Gasteiger charge is -2.18. The Morgan fingerprint density at radius 2 is 2.29 bits per heavy atom. The molecular weight excluding hydrogens is 202 g/mol. The Hall–Kier alpha value is -0.920. The van der Waals surface area contributed by atoms with Crippen LogP contribution in [0.4, 0.5) is 5.95 Å². The molecule has 6 nitrogen and oxygen atoms in total. The Labute approximate surface area is 87.3 Å². The topological polar surface area (TPSA) is 80.0 Å². The number of hydrogen-bond donors (Lipinski definition) is 4. The van der Waals surface area contributed by atoms with E-state index < -0.39 is 0 Å². The van der Waals surface area contributed by atoms with E-state index in [1.807, 2.05) is 13.8 Å². The Morgan fingerprint density at radius 1 is 1.57 bits per heavy atom. The molecule has 1 heterocycles. The van der Waals surface area contributed by atoms with Crippen LogP contribution in [0.1, 0.15) is 13.8 Å². The second kappa shape index (κ2) is 5.08. The minimum atomic E-state index is 0.120. The monoisotopic (exact) mass is 217 g/mol. The van der Waals surface area contributed by atoms with Crippen molar-refractivity contribution in [3.63, 3.8) is 0 Å². The van der Waals surface area contributed by atoms with Crippen molar-refractivity contribution >= 4 is 18.2 Å². The van der Waals surface area contributed by atoms with E-state index in [0.717, 1.165) is 0 Å². The highest BCUT2D eigenvalue weighted by molar-refractivity contribution is 7.71. The molecule has 4 N–H and O–H groups in total. The van der Waals surface area contributed by atoms with Gasteiger partial charge in [-0.05, 0) is 26.1 Å². The quantitative estimate of drug-likeness (QED) is 0.437. The summed E-state index contributed by atoms with van der Waals surface area (Å²) in [5.41, 5.74) is 0. The Kier molecular flexibility index (Phi) is 4.05. The average molecular weight is 217 g/mol. The highest BCUT2D eigenvalue weighted by Gasteiger charge is 2.04. The van der Waals surface area contributed by atoms with Crippen LogP contribution in [0.2, 0.25) is 0 Å². The SMILES string of the molecule is CC(C)N(O)CCNc1nc(=S)[nH][nH]1. The van der Waals surface area contributed by atoms with Gasteiger partial charge in [0.15, 0.2) is 0 Å². The predicted octanol–water partition coefficient (Wildman–Crippen LogP) is 0.979. The van der Waals surface area contributed by atoms with Crippen LogP contribution < -0.4 is 5.32 Å². The summed E-state index contributed by atoms with van der Waals surface area (Å²) in [6.07, 6.45) is 0. The Bertz CT molecular complexity index is 320. The van der Waals surface area contributed by atoms with Gasteiger partial charge in [-0.1, -0.05) is 0 Å². The Balaban J connectivity index is 2.25. The molecule has 1 aromatic rings. The van der Waals surface area contributed by atoms with Gasteiger partial charge >= 0.3 is 0 Å². The zero-order valence-electron chi connectivity index (χ0n) is 8.24. The van der Waals surface area contributed by atoms with Crippen LogP contribution in [0, 0.1) is 4.77 Å². The maximum absolute atomic E-state index is 9.34. The van der Waals surface area contributed by atoms with Crippen molar-refractivity contribution < 1.29 is 5.21 Å². The second-order valence-corrected chi connectivity index (χ2v) is 3.59. The van der Waals surface area contributed by atoms with Gasteiger partial charge in [0.2, 0.25) is 10.7 Å². The molecule has 0 fully saturated rings. The number of nitrogens with one attached hydrogen (secondary N) is 3. The third-order valence-electron chi connectivity index (χ3n) is 1.73. The molecule has 0 unspecified atom stereocenters. The van der Waals surface area contributed by atoms with Crippen molar-refractivity contribution in [1.82, 2.24) is 20.2 Å². The third-order valence-corrected chi connectivity index (χ3v) is 1.92. The molecule has 0 radical (unpaired) electrons. The summed E-state index contributed by atoms with van der Waals surface area (Å²) in [6, 6.07) is 0.120. The van der Waals surface area contributed by atoms with Crippen molar-refractivity contribution in [2.24, 2.45) is 0 Å². The minimum Gasteiger partial charge on any atom is -0.353 e. The van der Waals surface area contributed by atoms with E-state index in [2.05, 4.69) is 20.5 Å². The number of aromatic nitrogens is 3. The van der Waals surface area contributed by atoms with E-state index in [-0.39, 0.29) is 6.04 Å². The van der Waals surface area contributed by atoms with Gasteiger partial charge in [-0.15, -0.1) is 0 Å². The number of hydroxylamine groups is 2. The largest absolute Gasteiger partial charge is 0.353 e. The first-order chi connectivity index (χ1) is 6.59. The first kappa shape index (κ1) is 11.2. The second-order valence-electron chi connectivity index (χ2n) is 3.20. The first-order valence-corrected chi connectivity index (χ1v) is 4.84. The van der Waals surface area contributed by atoms with Crippen molar-refractivity contribution in [1.29, 1.82) is 0 Å². The lowest BCUT2D eigenvalue weighted by atomic mass is 10.4. The van der Waals surface area contributed by atoms with E-state index in [4.69, 9.17) is 12.2 Å². The predicted molar refractivity (Wildman–Crippen MR) is 55.9 cm³/mol. The summed E-state index contributed by atoms with van der Waals surface area (Å²) in [5, 5.41) is 19.0. The molecule has 0 aromatic carbocycles. The van der Waals surface area contributed by atoms with E-state index in [1.165, 1.54) is 5.06 Å². The van der Waals surface area contributed by atoms with Crippen molar-refractivity contribution in [3.05, 3.63) is 4.77 Å². The standard InChI is InChI=1S/C7H15N5OS/c1-5(2)12(13)4-3-8-6-9-7(14)11-10-6/h5,13H,3-4H2,1-2H3,(H3,8,9,10,11,14). The van der Waals surface area contributed by atoms with Crippen LogP contribution >= 0.6 is 12.2 Å². The fourth-order valence-corrected chi connectivity index (χ4v) is 1.04. The van der Waals surface area contributed by atoms with E-state index in [0.29, 0.717) is 23.8 Å². The lowest BCUT2D eigenvalue weighted by Crippen LogP contribution is -2.31. The molecular formula is C7H15N5OS. The average Bonchev–Trinajstić information content (AvgIpc) is 2.51. The summed E-state index contributed by atoms with van der Waals surface area (Å²) in [4.78, 5) is 3.94. The fourth-order valence-electron chi connectivity index (χ4n) is 0.901. The molecule has 0 aliphatic heterocycles. The molecule has 1 rings (SSSR count). The molecule has 0 amide bonds. The zero-order chi connectivity index (χ0) is 10.6. The number of aromatic amines is 2. The molecule has 0 spiro atoms. The van der Waals surface area contributed by atoms with Crippen molar-refractivity contribution in [3.8, 4) is 0 Å². The summed E-state index contributed by atoms with van der Waals surface area (Å²) < 4.78 is 0.414. The fraction of sp³-hybridized carbons (Fsp3) is 0.714. The number of rotatable bonds is 5. The van der Waals surface area contributed by atoms with Gasteiger partial charge in [0, 0.05) is 19.1 Å². The van der Waals surface area contributed by atoms with Crippen LogP contribution in [0.25, 0.3) is 0 Å². The van der Waals surface area contributed by atoms with Crippen molar-refractivity contribution in [2.45, 2.75) is 19.9 Å². The van der Waals surface area contributed by atoms with Gasteiger partial charge in [0.1, 0.15) is 0 Å². The number of anilines is 1. The van der Waals surface area contributed by atoms with Gasteiger partial charge in [0.25, 0.3) is 0 Å². The van der Waals surface area contributed by atoms with Gasteiger partial charge in [-0.3, -0.25) is 10.2 Å². The van der Waals surface area contributed by atoms with E-state index >= 15 is 0 Å². The molecule has 0 saturated heterocycles. The zero-order valence-corrected chi connectivity index (χ0v) is 9.06. The minimum absolute atomic E-state index is 0.120. The molecule has 0 aliphatic carbocycles. The molecule has 1 aromatic heterocycles. The molecule has 0 aliphatic rings. The first-order valence-electron chi connectivity index (χ1n) is 4.43. The van der Waals surface area contributed by atoms with Crippen LogP contribution in [0.3, 0.4) is 0 Å². The number of nitrogens with zero attached hydrogens (tertiary/aromatic N) is 2. The highest BCUT2D eigenvalue weighted by atomic mass is 32.1. The van der Waals surface area contributed by atoms with Gasteiger partial charge in [0.05, 0.1) is 0 Å². The molecule has 0 saturated carbocycles. The van der Waals surface area contributed by atoms with Gasteiger partial charge in [-0.2, -0.15) is 10.0 Å². The van der Waals surface area contributed by atoms with Crippen LogP contribution in [-0.4, -0.2) is 44.6 Å². The Morgan fingerprint density at radius 3 is 2.79 bits per heavy atom.